The van der Waals surface area contributed by atoms with Gasteiger partial charge >= 0.3 is 0 Å². The topological polar surface area (TPSA) is 71.1 Å². The van der Waals surface area contributed by atoms with Crippen molar-refractivity contribution >= 4 is 17.2 Å². The highest BCUT2D eigenvalue weighted by Crippen LogP contribution is 2.22. The van der Waals surface area contributed by atoms with Gasteiger partial charge in [0.05, 0.1) is 13.2 Å². The van der Waals surface area contributed by atoms with Gasteiger partial charge in [0.1, 0.15) is 11.9 Å². The first-order valence-corrected chi connectivity index (χ1v) is 8.33. The highest BCUT2D eigenvalue weighted by atomic mass is 32.1. The molecule has 1 saturated heterocycles. The monoisotopic (exact) mass is 320 g/mol. The lowest BCUT2D eigenvalue weighted by Crippen LogP contribution is -2.45. The van der Waals surface area contributed by atoms with Crippen LogP contribution in [-0.2, 0) is 16.0 Å². The Kier molecular flexibility index (Phi) is 4.54. The summed E-state index contributed by atoms with van der Waals surface area (Å²) < 4.78 is 5.71. The smallest absolute Gasteiger partial charge is 0.225 e. The molecule has 0 spiro atoms. The summed E-state index contributed by atoms with van der Waals surface area (Å²) in [4.78, 5) is 20.1. The van der Waals surface area contributed by atoms with Crippen LogP contribution in [0.5, 0.6) is 0 Å². The minimum atomic E-state index is -0.239. The summed E-state index contributed by atoms with van der Waals surface area (Å²) in [6.07, 6.45) is 0.551. The Labute approximate surface area is 133 Å². The minimum absolute atomic E-state index is 0.0220. The molecule has 1 N–H and O–H groups in total. The number of aromatic nitrogens is 3. The average molecular weight is 320 g/mol. The molecule has 0 radical (unpaired) electrons. The van der Waals surface area contributed by atoms with Crippen molar-refractivity contribution in [1.29, 1.82) is 0 Å². The molecule has 3 rings (SSSR count). The maximum atomic E-state index is 12.6. The largest absolute Gasteiger partial charge is 0.366 e. The number of aromatic amines is 1. The van der Waals surface area contributed by atoms with Gasteiger partial charge < -0.3 is 9.64 Å². The number of nitrogens with zero attached hydrogens (tertiary/aromatic N) is 3. The van der Waals surface area contributed by atoms with Gasteiger partial charge in [-0.3, -0.25) is 9.89 Å². The van der Waals surface area contributed by atoms with Crippen LogP contribution in [-0.4, -0.2) is 45.7 Å². The molecule has 0 aliphatic carbocycles. The third-order valence-electron chi connectivity index (χ3n) is 3.79. The second-order valence-electron chi connectivity index (χ2n) is 5.61. The predicted octanol–water partition coefficient (Wildman–Crippen LogP) is 1.95. The summed E-state index contributed by atoms with van der Waals surface area (Å²) in [5.41, 5.74) is 0. The molecule has 1 aliphatic rings. The number of ether oxygens (including phenoxy) is 1. The molecule has 1 amide bonds. The summed E-state index contributed by atoms with van der Waals surface area (Å²) in [6.45, 7) is 5.52. The molecule has 1 fully saturated rings. The first-order valence-electron chi connectivity index (χ1n) is 7.45. The van der Waals surface area contributed by atoms with Gasteiger partial charge in [-0.15, -0.1) is 11.3 Å². The Balaban J connectivity index is 1.62. The third-order valence-corrected chi connectivity index (χ3v) is 4.69. The van der Waals surface area contributed by atoms with E-state index in [1.807, 2.05) is 30.2 Å². The molecule has 118 valence electrons. The second-order valence-corrected chi connectivity index (χ2v) is 6.64. The predicted molar refractivity (Wildman–Crippen MR) is 83.6 cm³/mol. The van der Waals surface area contributed by atoms with Crippen LogP contribution in [0.4, 0.5) is 0 Å². The van der Waals surface area contributed by atoms with E-state index >= 15 is 0 Å². The number of rotatable bonds is 4. The lowest BCUT2D eigenvalue weighted by molar-refractivity contribution is -0.143. The molecule has 2 aromatic heterocycles. The first-order chi connectivity index (χ1) is 10.6. The molecule has 0 saturated carbocycles. The highest BCUT2D eigenvalue weighted by Gasteiger charge is 2.30. The summed E-state index contributed by atoms with van der Waals surface area (Å²) >= 11 is 1.70. The molecule has 0 aromatic carbocycles. The number of nitrogens with one attached hydrogen (secondary N) is 1. The van der Waals surface area contributed by atoms with Crippen LogP contribution in [0.1, 0.15) is 29.6 Å². The third kappa shape index (κ3) is 3.36. The zero-order chi connectivity index (χ0) is 15.5. The Hall–Kier alpha value is -1.73. The van der Waals surface area contributed by atoms with Crippen molar-refractivity contribution in [1.82, 2.24) is 20.1 Å². The molecule has 7 heteroatoms. The Bertz CT molecular complexity index is 625. The van der Waals surface area contributed by atoms with E-state index in [9.17, 15) is 4.79 Å². The van der Waals surface area contributed by atoms with E-state index in [2.05, 4.69) is 21.2 Å². The van der Waals surface area contributed by atoms with Gasteiger partial charge in [-0.05, 0) is 24.8 Å². The number of thiophene rings is 1. The highest BCUT2D eigenvalue weighted by molar-refractivity contribution is 7.09. The fourth-order valence-electron chi connectivity index (χ4n) is 2.64. The fourth-order valence-corrected chi connectivity index (χ4v) is 3.47. The molecule has 0 bridgehead atoms. The normalized spacial score (nSPS) is 20.1. The fraction of sp³-hybridized carbons (Fsp3) is 0.533. The molecule has 2 atom stereocenters. The number of amides is 1. The number of aryl methyl sites for hydroxylation is 1. The van der Waals surface area contributed by atoms with E-state index in [1.54, 1.807) is 11.3 Å². The Morgan fingerprint density at radius 1 is 1.64 bits per heavy atom. The van der Waals surface area contributed by atoms with Crippen molar-refractivity contribution in [2.75, 3.05) is 19.7 Å². The van der Waals surface area contributed by atoms with Crippen molar-refractivity contribution in [2.24, 2.45) is 5.92 Å². The van der Waals surface area contributed by atoms with E-state index in [-0.39, 0.29) is 17.9 Å². The number of carbonyl (C=O) groups is 1. The van der Waals surface area contributed by atoms with Crippen molar-refractivity contribution < 1.29 is 9.53 Å². The second kappa shape index (κ2) is 6.58. The van der Waals surface area contributed by atoms with E-state index in [4.69, 9.17) is 4.74 Å². The first kappa shape index (κ1) is 15.2. The lowest BCUT2D eigenvalue weighted by atomic mass is 10.0. The molecule has 1 aliphatic heterocycles. The van der Waals surface area contributed by atoms with Crippen molar-refractivity contribution in [3.8, 4) is 0 Å². The van der Waals surface area contributed by atoms with Crippen LogP contribution in [0.25, 0.3) is 0 Å². The lowest BCUT2D eigenvalue weighted by Gasteiger charge is -2.33. The van der Waals surface area contributed by atoms with Gasteiger partial charge in [0.25, 0.3) is 0 Å². The standard InChI is InChI=1S/C15H20N4O2S/c1-10(8-12-4-3-7-22-12)15(20)19-5-6-21-13(9-19)14-16-11(2)17-18-14/h3-4,7,10,13H,5-6,8-9H2,1-2H3,(H,16,17,18)/t10-,13+/m0/s1. The van der Waals surface area contributed by atoms with Gasteiger partial charge in [0, 0.05) is 17.3 Å². The summed E-state index contributed by atoms with van der Waals surface area (Å²) in [5.74, 6) is 1.54. The quantitative estimate of drug-likeness (QED) is 0.935. The van der Waals surface area contributed by atoms with Crippen molar-refractivity contribution in [2.45, 2.75) is 26.4 Å². The van der Waals surface area contributed by atoms with E-state index in [0.29, 0.717) is 25.5 Å². The van der Waals surface area contributed by atoms with Crippen LogP contribution in [0.15, 0.2) is 17.5 Å². The van der Waals surface area contributed by atoms with Gasteiger partial charge in [0.2, 0.25) is 5.91 Å². The van der Waals surface area contributed by atoms with Crippen LogP contribution < -0.4 is 0 Å². The maximum absolute atomic E-state index is 12.6. The van der Waals surface area contributed by atoms with Crippen molar-refractivity contribution in [3.05, 3.63) is 34.0 Å². The minimum Gasteiger partial charge on any atom is -0.366 e. The number of hydrogen-bond donors (Lipinski definition) is 1. The molecule has 6 nitrogen and oxygen atoms in total. The van der Waals surface area contributed by atoms with E-state index in [1.165, 1.54) is 4.88 Å². The van der Waals surface area contributed by atoms with Crippen LogP contribution in [0.2, 0.25) is 0 Å². The average Bonchev–Trinajstić information content (AvgIpc) is 3.18. The number of morpholine rings is 1. The summed E-state index contributed by atoms with van der Waals surface area (Å²) in [6, 6.07) is 4.10. The van der Waals surface area contributed by atoms with Crippen LogP contribution in [0.3, 0.4) is 0 Å². The molecular weight excluding hydrogens is 300 g/mol. The number of hydrogen-bond acceptors (Lipinski definition) is 5. The Morgan fingerprint density at radius 3 is 3.18 bits per heavy atom. The molecule has 2 aromatic rings. The van der Waals surface area contributed by atoms with Crippen LogP contribution in [0, 0.1) is 12.8 Å². The van der Waals surface area contributed by atoms with Crippen LogP contribution >= 0.6 is 11.3 Å². The van der Waals surface area contributed by atoms with E-state index in [0.717, 1.165) is 12.2 Å². The SMILES string of the molecule is Cc1nc([C@H]2CN(C(=O)[C@@H](C)Cc3cccs3)CCO2)n[nH]1. The summed E-state index contributed by atoms with van der Waals surface area (Å²) in [7, 11) is 0. The summed E-state index contributed by atoms with van der Waals surface area (Å²) in [5, 5.41) is 9.01. The van der Waals surface area contributed by atoms with Gasteiger partial charge in [-0.1, -0.05) is 13.0 Å². The molecule has 22 heavy (non-hydrogen) atoms. The molecular formula is C15H20N4O2S. The number of carbonyl (C=O) groups excluding carboxylic acids is 1. The maximum Gasteiger partial charge on any atom is 0.225 e. The molecule has 0 unspecified atom stereocenters. The van der Waals surface area contributed by atoms with Gasteiger partial charge in [-0.25, -0.2) is 4.98 Å². The molecule has 3 heterocycles. The van der Waals surface area contributed by atoms with E-state index < -0.39 is 0 Å². The number of H-pyrrole nitrogens is 1. The zero-order valence-corrected chi connectivity index (χ0v) is 13.6. The van der Waals surface area contributed by atoms with Gasteiger partial charge in [0.15, 0.2) is 5.82 Å². The zero-order valence-electron chi connectivity index (χ0n) is 12.8. The Morgan fingerprint density at radius 2 is 2.50 bits per heavy atom. The van der Waals surface area contributed by atoms with Gasteiger partial charge in [-0.2, -0.15) is 5.10 Å². The van der Waals surface area contributed by atoms with Crippen molar-refractivity contribution in [3.63, 3.8) is 0 Å².